The lowest BCUT2D eigenvalue weighted by atomic mass is 10.2. The number of carbonyl (C=O) groups is 1. The maximum absolute atomic E-state index is 14.2. The zero-order valence-corrected chi connectivity index (χ0v) is 16.0. The van der Waals surface area contributed by atoms with Gasteiger partial charge in [0.1, 0.15) is 17.6 Å². The molecule has 1 saturated heterocycles. The fourth-order valence-corrected chi connectivity index (χ4v) is 3.28. The number of hydrogen-bond acceptors (Lipinski definition) is 6. The molecule has 2 aromatic carbocycles. The molecule has 0 radical (unpaired) electrons. The summed E-state index contributed by atoms with van der Waals surface area (Å²) in [5.41, 5.74) is 1.80. The van der Waals surface area contributed by atoms with Crippen LogP contribution in [0.3, 0.4) is 0 Å². The van der Waals surface area contributed by atoms with Crippen molar-refractivity contribution in [2.45, 2.75) is 19.6 Å². The molecule has 0 bridgehead atoms. The first-order valence-electron chi connectivity index (χ1n) is 9.34. The highest BCUT2D eigenvalue weighted by molar-refractivity contribution is 5.94. The maximum Gasteiger partial charge on any atom is 0.254 e. The molecule has 8 nitrogen and oxygen atoms in total. The Labute approximate surface area is 167 Å². The van der Waals surface area contributed by atoms with Crippen molar-refractivity contribution >= 4 is 11.6 Å². The molecule has 9 heteroatoms. The summed E-state index contributed by atoms with van der Waals surface area (Å²) in [6.45, 7) is 4.15. The van der Waals surface area contributed by atoms with Crippen molar-refractivity contribution in [2.75, 3.05) is 25.0 Å². The number of nitrogens with zero attached hydrogens (tertiary/aromatic N) is 5. The average molecular weight is 396 g/mol. The lowest BCUT2D eigenvalue weighted by Gasteiger charge is -2.32. The molecule has 3 aromatic rings. The Bertz CT molecular complexity index is 994. The lowest BCUT2D eigenvalue weighted by molar-refractivity contribution is -0.133. The fourth-order valence-electron chi connectivity index (χ4n) is 3.28. The molecule has 1 aliphatic rings. The van der Waals surface area contributed by atoms with Crippen LogP contribution in [0.4, 0.5) is 10.1 Å². The van der Waals surface area contributed by atoms with Gasteiger partial charge in [-0.25, -0.2) is 4.39 Å². The number of hydrogen-bond donors (Lipinski definition) is 1. The van der Waals surface area contributed by atoms with Gasteiger partial charge in [-0.1, -0.05) is 30.3 Å². The van der Waals surface area contributed by atoms with Gasteiger partial charge in [-0.05, 0) is 41.1 Å². The number of benzene rings is 2. The van der Waals surface area contributed by atoms with Crippen LogP contribution in [0.2, 0.25) is 0 Å². The quantitative estimate of drug-likeness (QED) is 0.710. The Morgan fingerprint density at radius 1 is 1.28 bits per heavy atom. The second kappa shape index (κ2) is 8.46. The van der Waals surface area contributed by atoms with E-state index in [0.717, 1.165) is 13.1 Å². The van der Waals surface area contributed by atoms with E-state index in [9.17, 15) is 9.18 Å². The van der Waals surface area contributed by atoms with Crippen LogP contribution in [0.1, 0.15) is 11.4 Å². The largest absolute Gasteiger partial charge is 0.366 e. The van der Waals surface area contributed by atoms with Gasteiger partial charge in [0.2, 0.25) is 0 Å². The summed E-state index contributed by atoms with van der Waals surface area (Å²) >= 11 is 0. The molecule has 1 aromatic heterocycles. The maximum atomic E-state index is 14.2. The molecular weight excluding hydrogens is 375 g/mol. The summed E-state index contributed by atoms with van der Waals surface area (Å²) in [4.78, 5) is 14.9. The first-order chi connectivity index (χ1) is 14.1. The van der Waals surface area contributed by atoms with E-state index in [1.807, 2.05) is 18.2 Å². The molecule has 1 aliphatic heterocycles. The van der Waals surface area contributed by atoms with Crippen LogP contribution < -0.4 is 5.32 Å². The van der Waals surface area contributed by atoms with E-state index >= 15 is 0 Å². The molecule has 150 valence electrons. The van der Waals surface area contributed by atoms with Crippen molar-refractivity contribution in [1.29, 1.82) is 0 Å². The van der Waals surface area contributed by atoms with Crippen LogP contribution in [-0.2, 0) is 16.1 Å². The summed E-state index contributed by atoms with van der Waals surface area (Å²) in [7, 11) is 0. The van der Waals surface area contributed by atoms with Crippen molar-refractivity contribution < 1.29 is 13.9 Å². The number of morpholine rings is 1. The molecular formula is C20H21FN6O2. The minimum atomic E-state index is -0.601. The van der Waals surface area contributed by atoms with Gasteiger partial charge in [-0.15, -0.1) is 5.10 Å². The molecule has 4 rings (SSSR count). The zero-order valence-electron chi connectivity index (χ0n) is 16.0. The Kier molecular flexibility index (Phi) is 5.59. The van der Waals surface area contributed by atoms with E-state index in [-0.39, 0.29) is 11.6 Å². The second-order valence-corrected chi connectivity index (χ2v) is 6.87. The highest BCUT2D eigenvalue weighted by atomic mass is 19.1. The SMILES string of the molecule is Cc1nnnn1-c1cc(NC(=O)[C@@H]2CN(Cc3ccccc3)CCO2)ccc1F. The van der Waals surface area contributed by atoms with Crippen molar-refractivity contribution in [3.05, 3.63) is 65.7 Å². The summed E-state index contributed by atoms with van der Waals surface area (Å²) in [5.74, 6) is -0.311. The molecule has 0 unspecified atom stereocenters. The monoisotopic (exact) mass is 396 g/mol. The summed E-state index contributed by atoms with van der Waals surface area (Å²) < 4.78 is 21.1. The van der Waals surface area contributed by atoms with Gasteiger partial charge in [-0.3, -0.25) is 9.69 Å². The molecule has 0 aliphatic carbocycles. The molecule has 1 atom stereocenters. The first-order valence-corrected chi connectivity index (χ1v) is 9.34. The van der Waals surface area contributed by atoms with Gasteiger partial charge in [0.25, 0.3) is 5.91 Å². The molecule has 29 heavy (non-hydrogen) atoms. The number of amides is 1. The number of ether oxygens (including phenoxy) is 1. The number of carbonyl (C=O) groups excluding carboxylic acids is 1. The van der Waals surface area contributed by atoms with Crippen molar-refractivity contribution in [3.8, 4) is 5.69 Å². The highest BCUT2D eigenvalue weighted by Crippen LogP contribution is 2.20. The number of aryl methyl sites for hydroxylation is 1. The molecule has 1 N–H and O–H groups in total. The van der Waals surface area contributed by atoms with Crippen LogP contribution >= 0.6 is 0 Å². The average Bonchev–Trinajstić information content (AvgIpc) is 3.16. The van der Waals surface area contributed by atoms with Crippen molar-refractivity contribution in [2.24, 2.45) is 0 Å². The smallest absolute Gasteiger partial charge is 0.254 e. The van der Waals surface area contributed by atoms with Crippen LogP contribution in [0.5, 0.6) is 0 Å². The number of tetrazole rings is 1. The number of anilines is 1. The number of aromatic nitrogens is 4. The van der Waals surface area contributed by atoms with E-state index in [1.165, 1.54) is 28.4 Å². The van der Waals surface area contributed by atoms with Gasteiger partial charge < -0.3 is 10.1 Å². The van der Waals surface area contributed by atoms with E-state index < -0.39 is 11.9 Å². The van der Waals surface area contributed by atoms with Crippen LogP contribution in [0, 0.1) is 12.7 Å². The van der Waals surface area contributed by atoms with E-state index in [4.69, 9.17) is 4.74 Å². The van der Waals surface area contributed by atoms with Gasteiger partial charge in [0.05, 0.1) is 6.61 Å². The Balaban J connectivity index is 1.43. The fraction of sp³-hybridized carbons (Fsp3) is 0.300. The lowest BCUT2D eigenvalue weighted by Crippen LogP contribution is -2.47. The number of nitrogens with one attached hydrogen (secondary N) is 1. The minimum absolute atomic E-state index is 0.167. The highest BCUT2D eigenvalue weighted by Gasteiger charge is 2.27. The predicted octanol–water partition coefficient (Wildman–Crippen LogP) is 1.95. The molecule has 1 amide bonds. The molecule has 1 fully saturated rings. The third-order valence-corrected chi connectivity index (χ3v) is 4.76. The molecule has 0 saturated carbocycles. The van der Waals surface area contributed by atoms with Crippen LogP contribution in [-0.4, -0.2) is 56.8 Å². The van der Waals surface area contributed by atoms with E-state index in [0.29, 0.717) is 24.7 Å². The summed E-state index contributed by atoms with van der Waals surface area (Å²) in [6, 6.07) is 14.4. The normalized spacial score (nSPS) is 17.2. The topological polar surface area (TPSA) is 85.2 Å². The third kappa shape index (κ3) is 4.47. The van der Waals surface area contributed by atoms with Gasteiger partial charge in [0, 0.05) is 25.3 Å². The summed E-state index contributed by atoms with van der Waals surface area (Å²) in [5, 5.41) is 13.9. The standard InChI is InChI=1S/C20H21FN6O2/c1-14-23-24-25-27(14)18-11-16(7-8-17(18)21)22-20(28)19-13-26(9-10-29-19)12-15-5-3-2-4-6-15/h2-8,11,19H,9-10,12-13H2,1H3,(H,22,28)/t19-/m0/s1. The minimum Gasteiger partial charge on any atom is -0.366 e. The Morgan fingerprint density at radius 3 is 2.86 bits per heavy atom. The van der Waals surface area contributed by atoms with E-state index in [2.05, 4.69) is 37.9 Å². The van der Waals surface area contributed by atoms with Gasteiger partial charge >= 0.3 is 0 Å². The Hall–Kier alpha value is -3.17. The second-order valence-electron chi connectivity index (χ2n) is 6.87. The molecule has 0 spiro atoms. The van der Waals surface area contributed by atoms with Crippen LogP contribution in [0.15, 0.2) is 48.5 Å². The van der Waals surface area contributed by atoms with Crippen molar-refractivity contribution in [1.82, 2.24) is 25.1 Å². The Morgan fingerprint density at radius 2 is 2.10 bits per heavy atom. The van der Waals surface area contributed by atoms with E-state index in [1.54, 1.807) is 6.92 Å². The van der Waals surface area contributed by atoms with Gasteiger partial charge in [0.15, 0.2) is 5.82 Å². The number of rotatable bonds is 5. The zero-order chi connectivity index (χ0) is 20.2. The number of halogens is 1. The first kappa shape index (κ1) is 19.2. The summed E-state index contributed by atoms with van der Waals surface area (Å²) in [6.07, 6.45) is -0.601. The predicted molar refractivity (Wildman–Crippen MR) is 104 cm³/mol. The van der Waals surface area contributed by atoms with Crippen molar-refractivity contribution in [3.63, 3.8) is 0 Å². The van der Waals surface area contributed by atoms with Crippen LogP contribution in [0.25, 0.3) is 5.69 Å². The third-order valence-electron chi connectivity index (χ3n) is 4.76. The molecule has 2 heterocycles. The van der Waals surface area contributed by atoms with Gasteiger partial charge in [-0.2, -0.15) is 4.68 Å².